The molecule has 1 unspecified atom stereocenters. The molecule has 2 aliphatic heterocycles. The van der Waals surface area contributed by atoms with E-state index < -0.39 is 11.5 Å². The van der Waals surface area contributed by atoms with Gasteiger partial charge >= 0.3 is 0 Å². The Balaban J connectivity index is 0.000000142. The molecule has 3 fully saturated rings. The largest absolute Gasteiger partial charge is 0.497 e. The van der Waals surface area contributed by atoms with Gasteiger partial charge in [0.25, 0.3) is 11.8 Å². The Labute approximate surface area is 563 Å². The van der Waals surface area contributed by atoms with Crippen LogP contribution in [-0.4, -0.2) is 85.0 Å². The first kappa shape index (κ1) is 66.1. The number of methoxy groups -OCH3 is 2. The summed E-state index contributed by atoms with van der Waals surface area (Å²) in [6.45, 7) is 4.74. The number of nitrogens with zero attached hydrogens (tertiary/aromatic N) is 4. The lowest BCUT2D eigenvalue weighted by molar-refractivity contribution is -0.100. The van der Waals surface area contributed by atoms with Crippen LogP contribution in [0.15, 0.2) is 134 Å². The van der Waals surface area contributed by atoms with E-state index in [4.69, 9.17) is 99.9 Å². The molecule has 6 aromatic carbocycles. The molecule has 21 heteroatoms. The number of nitrogens with one attached hydrogen (secondary N) is 1. The molecular weight excluding hydrogens is 1290 g/mol. The van der Waals surface area contributed by atoms with Crippen LogP contribution >= 0.6 is 71.5 Å². The number of amides is 1. The molecule has 2 aliphatic carbocycles. The number of rotatable bonds is 20. The van der Waals surface area contributed by atoms with Gasteiger partial charge in [-0.25, -0.2) is 8.78 Å². The Morgan fingerprint density at radius 3 is 1.54 bits per heavy atom. The van der Waals surface area contributed by atoms with Crippen LogP contribution in [0, 0.1) is 11.8 Å². The van der Waals surface area contributed by atoms with E-state index in [1.54, 1.807) is 95.2 Å². The van der Waals surface area contributed by atoms with Gasteiger partial charge in [-0.2, -0.15) is 0 Å². The smallest absolute Gasteiger partial charge is 0.282 e. The number of pyridine rings is 3. The molecule has 0 bridgehead atoms. The van der Waals surface area contributed by atoms with Crippen molar-refractivity contribution < 1.29 is 47.1 Å². The summed E-state index contributed by atoms with van der Waals surface area (Å²) in [6.07, 6.45) is 14.3. The van der Waals surface area contributed by atoms with Crippen LogP contribution in [0.1, 0.15) is 98.3 Å². The number of benzene rings is 6. The molecule has 92 heavy (non-hydrogen) atoms. The second-order valence-electron chi connectivity index (χ2n) is 23.9. The van der Waals surface area contributed by atoms with E-state index in [0.29, 0.717) is 108 Å². The highest BCUT2D eigenvalue weighted by atomic mass is 35.5. The molecule has 3 aromatic heterocycles. The van der Waals surface area contributed by atoms with Crippen LogP contribution in [0.4, 0.5) is 8.78 Å². The lowest BCUT2D eigenvalue weighted by Crippen LogP contribution is -2.58. The molecule has 1 saturated heterocycles. The maximum atomic E-state index is 13.0. The number of likely N-dealkylation sites (tertiary alicyclic amines) is 1. The van der Waals surface area contributed by atoms with Gasteiger partial charge in [0.2, 0.25) is 0 Å². The predicted molar refractivity (Wildman–Crippen MR) is 370 cm³/mol. The summed E-state index contributed by atoms with van der Waals surface area (Å²) in [7, 11) is 3.18. The zero-order chi connectivity index (χ0) is 65.0. The quantitative estimate of drug-likeness (QED) is 0.0697. The number of thiocarbonyl (C=S) groups is 3. The van der Waals surface area contributed by atoms with Crippen molar-refractivity contribution in [2.45, 2.75) is 103 Å². The number of aliphatic hydroxyl groups is 1. The standard InChI is InChI=1S/C25H23ClN2O3S.C25H26ClNO3S.C21H17ClF2N2O2S/c1-2-24-28-25(29)19-12-18-21(13-23(19)31-24)27-8-7-22(18)30-16-6-5-15(20(26)11-16)10-17(32)9-14-3-4-14;1-25(2,28)20-13-19-22(14-24(20)29-3)27-9-8-23(19)30-17-7-6-16(21(26)12-17)11-18(31)10-15-4-5-15;1-27-14-4-5-16-18(10-14)25-7-6-19(16)28-15-3-2-13(17(22)9-15)8-20(29)26-11-21(23,24)12-26/h5-8,11-14,24H,2-4,9-10H2,1H3,(H,28,29);6-9,12-15,28H,4-5,10-11H2,1-3H3;2-7,9-10H,8,11-12H2,1H3. The number of fused-ring (bicyclic) bond motifs is 4. The molecule has 2 N–H and O–H groups in total. The minimum atomic E-state index is -2.65. The SMILES string of the molecule is CCC1NC(=O)c2cc3c(Oc4ccc(CC(=S)CC5CC5)c(Cl)c4)ccnc3cc2O1.COc1cc2nccc(Oc3ccc(CC(=S)CC4CC4)c(Cl)c3)c2cc1C(C)(C)O.COc1ccc2c(Oc3ccc(CC(=S)N4CC(F)(F)C4)c(Cl)c3)ccnc2c1. The van der Waals surface area contributed by atoms with Crippen molar-refractivity contribution in [1.29, 1.82) is 0 Å². The second kappa shape index (κ2) is 28.4. The van der Waals surface area contributed by atoms with Gasteiger partial charge in [-0.15, -0.1) is 0 Å². The molecule has 476 valence electrons. The molecule has 1 amide bonds. The highest BCUT2D eigenvalue weighted by Gasteiger charge is 2.45. The van der Waals surface area contributed by atoms with Gasteiger partial charge in [-0.05, 0) is 169 Å². The molecule has 5 heterocycles. The third kappa shape index (κ3) is 16.5. The van der Waals surface area contributed by atoms with Gasteiger partial charge in [0, 0.05) is 99.3 Å². The molecule has 0 radical (unpaired) electrons. The van der Waals surface area contributed by atoms with Crippen LogP contribution in [0.2, 0.25) is 15.1 Å². The molecule has 4 aliphatic rings. The summed E-state index contributed by atoms with van der Waals surface area (Å²) in [6, 6.07) is 34.8. The number of halogens is 5. The number of carbonyl (C=O) groups is 1. The molecule has 1 atom stereocenters. The Kier molecular flexibility index (Phi) is 20.4. The molecule has 13 rings (SSSR count). The minimum Gasteiger partial charge on any atom is -0.497 e. The van der Waals surface area contributed by atoms with Crippen molar-refractivity contribution in [1.82, 2.24) is 25.2 Å². The Morgan fingerprint density at radius 2 is 1.09 bits per heavy atom. The summed E-state index contributed by atoms with van der Waals surface area (Å²) in [5, 5.41) is 17.5. The lowest BCUT2D eigenvalue weighted by atomic mass is 9.95. The van der Waals surface area contributed by atoms with E-state index >= 15 is 0 Å². The summed E-state index contributed by atoms with van der Waals surface area (Å²) >= 11 is 35.8. The van der Waals surface area contributed by atoms with Gasteiger partial charge in [-0.3, -0.25) is 19.7 Å². The number of aromatic nitrogens is 3. The van der Waals surface area contributed by atoms with Crippen molar-refractivity contribution in [2.24, 2.45) is 11.8 Å². The Morgan fingerprint density at radius 1 is 0.620 bits per heavy atom. The van der Waals surface area contributed by atoms with Crippen molar-refractivity contribution in [3.05, 3.63) is 177 Å². The van der Waals surface area contributed by atoms with Crippen molar-refractivity contribution in [3.63, 3.8) is 0 Å². The fourth-order valence-electron chi connectivity index (χ4n) is 10.7. The Bertz CT molecular complexity index is 4310. The molecule has 2 saturated carbocycles. The van der Waals surface area contributed by atoms with Crippen LogP contribution in [-0.2, 0) is 24.9 Å². The van der Waals surface area contributed by atoms with Gasteiger partial charge in [0.05, 0.1) is 60.0 Å². The monoisotopic (exact) mass is 1360 g/mol. The summed E-state index contributed by atoms with van der Waals surface area (Å²) in [4.78, 5) is 29.8. The van der Waals surface area contributed by atoms with E-state index in [0.717, 1.165) is 84.7 Å². The number of ether oxygens (including phenoxy) is 6. The topological polar surface area (TPSA) is 147 Å². The zero-order valence-electron chi connectivity index (χ0n) is 51.1. The van der Waals surface area contributed by atoms with Crippen molar-refractivity contribution in [3.8, 4) is 51.7 Å². The van der Waals surface area contributed by atoms with Gasteiger partial charge in [-0.1, -0.05) is 96.6 Å². The third-order valence-corrected chi connectivity index (χ3v) is 18.1. The van der Waals surface area contributed by atoms with Gasteiger partial charge in [0.1, 0.15) is 51.7 Å². The average molecular weight is 1360 g/mol. The second-order valence-corrected chi connectivity index (χ2v) is 26.7. The predicted octanol–water partition coefficient (Wildman–Crippen LogP) is 18.4. The number of hydrogen-bond donors (Lipinski definition) is 2. The van der Waals surface area contributed by atoms with Gasteiger partial charge in [0.15, 0.2) is 6.23 Å². The van der Waals surface area contributed by atoms with E-state index in [2.05, 4.69) is 20.3 Å². The van der Waals surface area contributed by atoms with E-state index in [-0.39, 0.29) is 25.2 Å². The van der Waals surface area contributed by atoms with Crippen LogP contribution in [0.3, 0.4) is 0 Å². The van der Waals surface area contributed by atoms with Gasteiger partial charge < -0.3 is 43.7 Å². The average Bonchev–Trinajstić information content (AvgIpc) is 1.00. The first-order chi connectivity index (χ1) is 44.1. The normalized spacial score (nSPS) is 15.5. The van der Waals surface area contributed by atoms with Crippen molar-refractivity contribution in [2.75, 3.05) is 27.3 Å². The molecule has 13 nitrogen and oxygen atoms in total. The minimum absolute atomic E-state index is 0.163. The Hall–Kier alpha value is -7.42. The molecule has 0 spiro atoms. The number of alkyl halides is 2. The van der Waals surface area contributed by atoms with Crippen LogP contribution in [0.5, 0.6) is 51.7 Å². The molecular formula is C71H66Cl3F2N5O8S3. The maximum absolute atomic E-state index is 13.0. The van der Waals surface area contributed by atoms with Crippen LogP contribution in [0.25, 0.3) is 32.7 Å². The zero-order valence-corrected chi connectivity index (χ0v) is 55.8. The summed E-state index contributed by atoms with van der Waals surface area (Å²) in [5.74, 6) is 4.24. The summed E-state index contributed by atoms with van der Waals surface area (Å²) in [5.41, 5.74) is 5.02. The highest BCUT2D eigenvalue weighted by molar-refractivity contribution is 7.80. The number of carbonyl (C=O) groups excluding carboxylic acids is 1. The van der Waals surface area contributed by atoms with E-state index in [9.17, 15) is 18.7 Å². The van der Waals surface area contributed by atoms with Crippen LogP contribution < -0.4 is 33.7 Å². The maximum Gasteiger partial charge on any atom is 0.282 e. The summed E-state index contributed by atoms with van der Waals surface area (Å²) < 4.78 is 60.9. The number of hydrogen-bond acceptors (Lipinski definition) is 14. The lowest BCUT2D eigenvalue weighted by Gasteiger charge is -2.40. The van der Waals surface area contributed by atoms with E-state index in [1.165, 1.54) is 30.6 Å². The first-order valence-corrected chi connectivity index (χ1v) is 32.6. The van der Waals surface area contributed by atoms with E-state index in [1.807, 2.05) is 73.7 Å². The van der Waals surface area contributed by atoms with Crippen molar-refractivity contribution >= 4 is 125 Å². The molecule has 9 aromatic rings. The fourth-order valence-corrected chi connectivity index (χ4v) is 12.5. The highest BCUT2D eigenvalue weighted by Crippen LogP contribution is 2.42. The first-order valence-electron chi connectivity index (χ1n) is 30.2. The fraction of sp³-hybridized carbons (Fsp3) is 0.310. The third-order valence-electron chi connectivity index (χ3n) is 16.1.